The van der Waals surface area contributed by atoms with Crippen molar-refractivity contribution in [3.05, 3.63) is 29.8 Å². The maximum atomic E-state index is 11.6. The lowest BCUT2D eigenvalue weighted by molar-refractivity contribution is 0.227. The van der Waals surface area contributed by atoms with Crippen LogP contribution < -0.4 is 11.1 Å². The summed E-state index contributed by atoms with van der Waals surface area (Å²) in [6, 6.07) is 7.21. The van der Waals surface area contributed by atoms with Crippen molar-refractivity contribution >= 4 is 17.6 Å². The number of rotatable bonds is 3. The van der Waals surface area contributed by atoms with Crippen molar-refractivity contribution < 1.29 is 4.79 Å². The molecule has 1 rings (SSSR count). The molecule has 0 saturated heterocycles. The molecule has 2 amide bonds. The first-order valence-corrected chi connectivity index (χ1v) is 4.90. The average molecular weight is 220 g/mol. The van der Waals surface area contributed by atoms with Crippen LogP contribution in [0.4, 0.5) is 10.5 Å². The van der Waals surface area contributed by atoms with E-state index >= 15 is 0 Å². The Kier molecular flexibility index (Phi) is 3.88. The summed E-state index contributed by atoms with van der Waals surface area (Å²) in [6.45, 7) is 2.10. The zero-order valence-electron chi connectivity index (χ0n) is 9.45. The van der Waals surface area contributed by atoms with E-state index in [1.165, 1.54) is 4.90 Å². The zero-order chi connectivity index (χ0) is 12.1. The molecule has 1 aromatic carbocycles. The van der Waals surface area contributed by atoms with E-state index < -0.39 is 0 Å². The van der Waals surface area contributed by atoms with E-state index in [9.17, 15) is 4.79 Å². The molecule has 0 aliphatic rings. The van der Waals surface area contributed by atoms with Crippen molar-refractivity contribution in [2.75, 3.05) is 18.9 Å². The Hall–Kier alpha value is -2.04. The van der Waals surface area contributed by atoms with Gasteiger partial charge in [0.25, 0.3) is 0 Å². The lowest BCUT2D eigenvalue weighted by Crippen LogP contribution is -2.37. The van der Waals surface area contributed by atoms with E-state index in [4.69, 9.17) is 11.1 Å². The number of nitrogens with one attached hydrogen (secondary N) is 2. The van der Waals surface area contributed by atoms with Crippen LogP contribution >= 0.6 is 0 Å². The molecule has 5 heteroatoms. The van der Waals surface area contributed by atoms with Gasteiger partial charge in [0.05, 0.1) is 6.54 Å². The van der Waals surface area contributed by atoms with Gasteiger partial charge in [0.15, 0.2) is 0 Å². The Morgan fingerprint density at radius 2 is 2.00 bits per heavy atom. The summed E-state index contributed by atoms with van der Waals surface area (Å²) in [4.78, 5) is 12.9. The van der Waals surface area contributed by atoms with Gasteiger partial charge >= 0.3 is 6.03 Å². The van der Waals surface area contributed by atoms with Crippen LogP contribution in [0.25, 0.3) is 0 Å². The molecule has 0 spiro atoms. The van der Waals surface area contributed by atoms with E-state index in [-0.39, 0.29) is 18.4 Å². The van der Waals surface area contributed by atoms with E-state index in [2.05, 4.69) is 5.32 Å². The molecule has 0 unspecified atom stereocenters. The predicted octanol–water partition coefficient (Wildman–Crippen LogP) is 1.39. The van der Waals surface area contributed by atoms with Crippen LogP contribution in [0, 0.1) is 12.3 Å². The Labute approximate surface area is 94.8 Å². The number of carbonyl (C=O) groups is 1. The lowest BCUT2D eigenvalue weighted by Gasteiger charge is -2.16. The number of nitrogens with zero attached hydrogens (tertiary/aromatic N) is 1. The Bertz CT molecular complexity index is 385. The number of benzene rings is 1. The van der Waals surface area contributed by atoms with Gasteiger partial charge in [-0.2, -0.15) is 0 Å². The number of aryl methyl sites for hydroxylation is 1. The minimum Gasteiger partial charge on any atom is -0.386 e. The number of nitrogens with two attached hydrogens (primary N) is 1. The fourth-order valence-corrected chi connectivity index (χ4v) is 1.18. The monoisotopic (exact) mass is 220 g/mol. The molecule has 0 aliphatic carbocycles. The van der Waals surface area contributed by atoms with Crippen LogP contribution in [-0.4, -0.2) is 30.4 Å². The van der Waals surface area contributed by atoms with Crippen molar-refractivity contribution in [1.29, 1.82) is 5.41 Å². The number of hydrogen-bond acceptors (Lipinski definition) is 2. The fraction of sp³-hybridized carbons (Fsp3) is 0.273. The third-order valence-corrected chi connectivity index (χ3v) is 2.06. The second-order valence-corrected chi connectivity index (χ2v) is 3.68. The van der Waals surface area contributed by atoms with Gasteiger partial charge in [-0.05, 0) is 19.1 Å². The van der Waals surface area contributed by atoms with Gasteiger partial charge in [0.1, 0.15) is 5.84 Å². The number of urea groups is 1. The van der Waals surface area contributed by atoms with Crippen molar-refractivity contribution in [1.82, 2.24) is 4.90 Å². The highest BCUT2D eigenvalue weighted by molar-refractivity contribution is 5.92. The molecule has 0 aromatic heterocycles. The van der Waals surface area contributed by atoms with E-state index in [1.807, 2.05) is 31.2 Å². The second kappa shape index (κ2) is 5.16. The summed E-state index contributed by atoms with van der Waals surface area (Å²) in [7, 11) is 1.59. The Balaban J connectivity index is 2.57. The molecule has 0 bridgehead atoms. The molecular weight excluding hydrogens is 204 g/mol. The molecule has 0 saturated carbocycles. The van der Waals surface area contributed by atoms with Crippen LogP contribution in [-0.2, 0) is 0 Å². The molecular formula is C11H16N4O. The predicted molar refractivity (Wildman–Crippen MR) is 64.7 cm³/mol. The lowest BCUT2D eigenvalue weighted by atomic mass is 10.2. The largest absolute Gasteiger partial charge is 0.386 e. The maximum absolute atomic E-state index is 11.6. The second-order valence-electron chi connectivity index (χ2n) is 3.68. The normalized spacial score (nSPS) is 9.62. The summed E-state index contributed by atoms with van der Waals surface area (Å²) in [5, 5.41) is 9.79. The zero-order valence-corrected chi connectivity index (χ0v) is 9.45. The van der Waals surface area contributed by atoms with Gasteiger partial charge in [-0.1, -0.05) is 17.7 Å². The van der Waals surface area contributed by atoms with Crippen LogP contribution in [0.15, 0.2) is 24.3 Å². The minimum atomic E-state index is -0.279. The van der Waals surface area contributed by atoms with Gasteiger partial charge in [0.2, 0.25) is 0 Å². The smallest absolute Gasteiger partial charge is 0.321 e. The van der Waals surface area contributed by atoms with Crippen molar-refractivity contribution in [2.45, 2.75) is 6.92 Å². The molecule has 0 heterocycles. The summed E-state index contributed by atoms with van der Waals surface area (Å²) in [5.41, 5.74) is 7.07. The molecule has 4 N–H and O–H groups in total. The molecule has 86 valence electrons. The van der Waals surface area contributed by atoms with E-state index in [1.54, 1.807) is 7.05 Å². The van der Waals surface area contributed by atoms with Crippen LogP contribution in [0.3, 0.4) is 0 Å². The molecule has 0 fully saturated rings. The number of hydrogen-bond donors (Lipinski definition) is 3. The molecule has 0 atom stereocenters. The number of carbonyl (C=O) groups excluding carboxylic acids is 1. The first-order valence-electron chi connectivity index (χ1n) is 4.90. The number of anilines is 1. The first kappa shape index (κ1) is 12.0. The molecule has 5 nitrogen and oxygen atoms in total. The Morgan fingerprint density at radius 3 is 2.50 bits per heavy atom. The van der Waals surface area contributed by atoms with Crippen LogP contribution in [0.1, 0.15) is 5.56 Å². The highest BCUT2D eigenvalue weighted by Crippen LogP contribution is 2.08. The first-order chi connectivity index (χ1) is 7.49. The number of amides is 2. The average Bonchev–Trinajstić information content (AvgIpc) is 2.20. The highest BCUT2D eigenvalue weighted by Gasteiger charge is 2.08. The molecule has 1 aromatic rings. The molecule has 0 radical (unpaired) electrons. The fourth-order valence-electron chi connectivity index (χ4n) is 1.18. The molecule has 16 heavy (non-hydrogen) atoms. The van der Waals surface area contributed by atoms with Gasteiger partial charge in [-0.3, -0.25) is 5.41 Å². The van der Waals surface area contributed by atoms with Crippen molar-refractivity contribution in [3.8, 4) is 0 Å². The third kappa shape index (κ3) is 3.61. The third-order valence-electron chi connectivity index (χ3n) is 2.06. The van der Waals surface area contributed by atoms with E-state index in [0.717, 1.165) is 11.3 Å². The van der Waals surface area contributed by atoms with Gasteiger partial charge in [-0.25, -0.2) is 4.79 Å². The minimum absolute atomic E-state index is 0.0402. The van der Waals surface area contributed by atoms with Crippen LogP contribution in [0.5, 0.6) is 0 Å². The molecule has 0 aliphatic heterocycles. The summed E-state index contributed by atoms with van der Waals surface area (Å²) < 4.78 is 0. The maximum Gasteiger partial charge on any atom is 0.321 e. The van der Waals surface area contributed by atoms with Gasteiger partial charge in [-0.15, -0.1) is 0 Å². The summed E-state index contributed by atoms with van der Waals surface area (Å²) in [5.74, 6) is -0.0402. The highest BCUT2D eigenvalue weighted by atomic mass is 16.2. The van der Waals surface area contributed by atoms with Crippen LogP contribution in [0.2, 0.25) is 0 Å². The number of likely N-dealkylation sites (N-methyl/N-ethyl adjacent to an activating group) is 1. The number of amidine groups is 1. The van der Waals surface area contributed by atoms with Gasteiger partial charge in [0, 0.05) is 12.7 Å². The van der Waals surface area contributed by atoms with E-state index in [0.29, 0.717) is 0 Å². The van der Waals surface area contributed by atoms with Crippen molar-refractivity contribution in [2.24, 2.45) is 5.73 Å². The van der Waals surface area contributed by atoms with Crippen molar-refractivity contribution in [3.63, 3.8) is 0 Å². The summed E-state index contributed by atoms with van der Waals surface area (Å²) in [6.07, 6.45) is 0. The summed E-state index contributed by atoms with van der Waals surface area (Å²) >= 11 is 0. The van der Waals surface area contributed by atoms with Gasteiger partial charge < -0.3 is 16.0 Å². The SMILES string of the molecule is Cc1ccc(NC(=O)N(C)CC(=N)N)cc1. The quantitative estimate of drug-likeness (QED) is 0.531. The standard InChI is InChI=1S/C11H16N4O/c1-8-3-5-9(6-4-8)14-11(16)15(2)7-10(12)13/h3-6H,7H2,1-2H3,(H3,12,13)(H,14,16). The topological polar surface area (TPSA) is 82.2 Å². The Morgan fingerprint density at radius 1 is 1.44 bits per heavy atom.